The summed E-state index contributed by atoms with van der Waals surface area (Å²) in [5.41, 5.74) is 5.25. The van der Waals surface area contributed by atoms with E-state index in [1.54, 1.807) is 10.7 Å². The number of rotatable bonds is 3. The summed E-state index contributed by atoms with van der Waals surface area (Å²) in [5, 5.41) is 17.2. The van der Waals surface area contributed by atoms with Crippen LogP contribution in [0.5, 0.6) is 0 Å². The highest BCUT2D eigenvalue weighted by atomic mass is 19.1. The molecule has 30 heavy (non-hydrogen) atoms. The van der Waals surface area contributed by atoms with Crippen molar-refractivity contribution in [1.29, 1.82) is 5.26 Å². The van der Waals surface area contributed by atoms with Crippen LogP contribution in [0.15, 0.2) is 43.1 Å². The van der Waals surface area contributed by atoms with E-state index in [0.29, 0.717) is 24.3 Å². The first kappa shape index (κ1) is 18.4. The molecule has 0 bridgehead atoms. The number of halogens is 1. The van der Waals surface area contributed by atoms with E-state index < -0.39 is 0 Å². The number of hydrogen-bond acceptors (Lipinski definition) is 5. The number of fused-ring (bicyclic) bond motifs is 1. The number of nitriles is 1. The van der Waals surface area contributed by atoms with Crippen LogP contribution in [0.4, 0.5) is 10.2 Å². The van der Waals surface area contributed by atoms with Crippen molar-refractivity contribution in [2.75, 3.05) is 18.0 Å². The standard InChI is InChI=1S/C23H21FN6/c1-14-4-3-5-17(24)22(14)18-10-20(23-15(2)26-12-19(23)27-18)30-9-7-21(28-30)29-8-6-16(11-25)13-29/h3-5,7,9-10,16,26H,2,6,8,12-13H2,1H3. The second-order valence-electron chi connectivity index (χ2n) is 7.79. The highest BCUT2D eigenvalue weighted by Gasteiger charge is 2.26. The monoisotopic (exact) mass is 400 g/mol. The number of nitrogens with zero attached hydrogens (tertiary/aromatic N) is 5. The first-order valence-corrected chi connectivity index (χ1v) is 9.98. The zero-order chi connectivity index (χ0) is 20.8. The highest BCUT2D eigenvalue weighted by Crippen LogP contribution is 2.34. The Balaban J connectivity index is 1.61. The lowest BCUT2D eigenvalue weighted by Crippen LogP contribution is -2.20. The van der Waals surface area contributed by atoms with Gasteiger partial charge in [0.1, 0.15) is 5.82 Å². The molecule has 1 aromatic carbocycles. The minimum absolute atomic E-state index is 0.0416. The minimum atomic E-state index is -0.293. The van der Waals surface area contributed by atoms with Crippen LogP contribution < -0.4 is 10.2 Å². The van der Waals surface area contributed by atoms with Crippen molar-refractivity contribution in [3.8, 4) is 23.0 Å². The molecule has 2 aromatic heterocycles. The van der Waals surface area contributed by atoms with Gasteiger partial charge < -0.3 is 10.2 Å². The van der Waals surface area contributed by atoms with Crippen molar-refractivity contribution in [2.24, 2.45) is 5.92 Å². The van der Waals surface area contributed by atoms with Crippen LogP contribution in [0.3, 0.4) is 0 Å². The number of pyridine rings is 1. The summed E-state index contributed by atoms with van der Waals surface area (Å²) in [7, 11) is 0. The Morgan fingerprint density at radius 1 is 1.30 bits per heavy atom. The molecule has 1 atom stereocenters. The first-order valence-electron chi connectivity index (χ1n) is 9.98. The molecule has 150 valence electrons. The Labute approximate surface area is 174 Å². The lowest BCUT2D eigenvalue weighted by Gasteiger charge is -2.15. The quantitative estimate of drug-likeness (QED) is 0.724. The van der Waals surface area contributed by atoms with Crippen LogP contribution in [0, 0.1) is 30.0 Å². The zero-order valence-electron chi connectivity index (χ0n) is 16.7. The van der Waals surface area contributed by atoms with E-state index in [4.69, 9.17) is 10.1 Å². The van der Waals surface area contributed by atoms with Gasteiger partial charge in [-0.3, -0.25) is 0 Å². The molecule has 2 aliphatic rings. The van der Waals surface area contributed by atoms with E-state index in [9.17, 15) is 9.65 Å². The molecule has 0 spiro atoms. The van der Waals surface area contributed by atoms with E-state index >= 15 is 0 Å². The van der Waals surface area contributed by atoms with E-state index in [0.717, 1.165) is 47.0 Å². The molecule has 5 rings (SSSR count). The molecule has 1 unspecified atom stereocenters. The summed E-state index contributed by atoms with van der Waals surface area (Å²) in [6.07, 6.45) is 2.75. The van der Waals surface area contributed by atoms with Crippen molar-refractivity contribution < 1.29 is 4.39 Å². The van der Waals surface area contributed by atoms with Gasteiger partial charge in [0.15, 0.2) is 5.82 Å². The minimum Gasteiger partial charge on any atom is -0.379 e. The summed E-state index contributed by atoms with van der Waals surface area (Å²) < 4.78 is 16.4. The fraction of sp³-hybridized carbons (Fsp3) is 0.261. The molecule has 6 nitrogen and oxygen atoms in total. The van der Waals surface area contributed by atoms with Crippen molar-refractivity contribution in [2.45, 2.75) is 19.9 Å². The van der Waals surface area contributed by atoms with Crippen LogP contribution in [-0.4, -0.2) is 27.9 Å². The summed E-state index contributed by atoms with van der Waals surface area (Å²) in [6.45, 7) is 8.05. The summed E-state index contributed by atoms with van der Waals surface area (Å²) in [4.78, 5) is 6.86. The average molecular weight is 400 g/mol. The molecule has 0 radical (unpaired) electrons. The lowest BCUT2D eigenvalue weighted by atomic mass is 10.0. The van der Waals surface area contributed by atoms with Crippen LogP contribution in [0.25, 0.3) is 22.6 Å². The van der Waals surface area contributed by atoms with Gasteiger partial charge in [0.05, 0.1) is 35.6 Å². The molecule has 0 amide bonds. The van der Waals surface area contributed by atoms with Crippen LogP contribution in [-0.2, 0) is 6.54 Å². The van der Waals surface area contributed by atoms with Gasteiger partial charge in [-0.1, -0.05) is 18.7 Å². The molecule has 2 aliphatic heterocycles. The number of aromatic nitrogens is 3. The van der Waals surface area contributed by atoms with Crippen molar-refractivity contribution in [3.63, 3.8) is 0 Å². The van der Waals surface area contributed by atoms with E-state index in [2.05, 4.69) is 22.9 Å². The Hall–Kier alpha value is -3.66. The first-order chi connectivity index (χ1) is 14.5. The Kier molecular flexibility index (Phi) is 4.28. The van der Waals surface area contributed by atoms with Gasteiger partial charge in [0.2, 0.25) is 0 Å². The van der Waals surface area contributed by atoms with E-state index in [-0.39, 0.29) is 11.7 Å². The molecule has 7 heteroatoms. The van der Waals surface area contributed by atoms with E-state index in [1.807, 2.05) is 31.3 Å². The van der Waals surface area contributed by atoms with Gasteiger partial charge in [-0.15, -0.1) is 0 Å². The fourth-order valence-corrected chi connectivity index (χ4v) is 4.27. The molecule has 1 fully saturated rings. The predicted molar refractivity (Wildman–Crippen MR) is 113 cm³/mol. The summed E-state index contributed by atoms with van der Waals surface area (Å²) in [6, 6.07) is 11.2. The number of aryl methyl sites for hydroxylation is 1. The third-order valence-electron chi connectivity index (χ3n) is 5.84. The van der Waals surface area contributed by atoms with Gasteiger partial charge in [-0.05, 0) is 31.0 Å². The maximum atomic E-state index is 14.6. The predicted octanol–water partition coefficient (Wildman–Crippen LogP) is 3.81. The van der Waals surface area contributed by atoms with Gasteiger partial charge in [0.25, 0.3) is 0 Å². The van der Waals surface area contributed by atoms with Crippen molar-refractivity contribution in [3.05, 3.63) is 65.7 Å². The molecule has 3 aromatic rings. The lowest BCUT2D eigenvalue weighted by molar-refractivity contribution is 0.629. The largest absolute Gasteiger partial charge is 0.379 e. The van der Waals surface area contributed by atoms with Gasteiger partial charge in [-0.2, -0.15) is 10.4 Å². The van der Waals surface area contributed by atoms with E-state index in [1.165, 1.54) is 6.07 Å². The average Bonchev–Trinajstić information content (AvgIpc) is 3.47. The fourth-order valence-electron chi connectivity index (χ4n) is 4.27. The number of anilines is 1. The maximum absolute atomic E-state index is 14.6. The van der Waals surface area contributed by atoms with Gasteiger partial charge >= 0.3 is 0 Å². The normalized spacial score (nSPS) is 17.7. The van der Waals surface area contributed by atoms with Crippen molar-refractivity contribution in [1.82, 2.24) is 20.1 Å². The molecule has 1 N–H and O–H groups in total. The Bertz CT molecular complexity index is 1180. The van der Waals surface area contributed by atoms with Gasteiger partial charge in [0, 0.05) is 42.2 Å². The maximum Gasteiger partial charge on any atom is 0.151 e. The number of nitrogens with one attached hydrogen (secondary N) is 1. The third-order valence-corrected chi connectivity index (χ3v) is 5.84. The molecule has 0 saturated carbocycles. The van der Waals surface area contributed by atoms with Crippen LogP contribution in [0.2, 0.25) is 0 Å². The molecule has 1 saturated heterocycles. The SMILES string of the molecule is C=C1NCc2nc(-c3c(C)cccc3F)cc(-n3ccc(N4CCC(C#N)C4)n3)c21. The molecule has 0 aliphatic carbocycles. The second-order valence-corrected chi connectivity index (χ2v) is 7.79. The van der Waals surface area contributed by atoms with Crippen LogP contribution >= 0.6 is 0 Å². The topological polar surface area (TPSA) is 69.8 Å². The summed E-state index contributed by atoms with van der Waals surface area (Å²) >= 11 is 0. The number of hydrogen-bond donors (Lipinski definition) is 1. The zero-order valence-corrected chi connectivity index (χ0v) is 16.7. The smallest absolute Gasteiger partial charge is 0.151 e. The number of benzene rings is 1. The molecule has 4 heterocycles. The summed E-state index contributed by atoms with van der Waals surface area (Å²) in [5.74, 6) is 0.581. The van der Waals surface area contributed by atoms with Crippen LogP contribution in [0.1, 0.15) is 23.2 Å². The second kappa shape index (κ2) is 6.99. The highest BCUT2D eigenvalue weighted by molar-refractivity contribution is 5.78. The molecular weight excluding hydrogens is 379 g/mol. The van der Waals surface area contributed by atoms with Gasteiger partial charge in [-0.25, -0.2) is 14.1 Å². The Morgan fingerprint density at radius 3 is 2.93 bits per heavy atom. The van der Waals surface area contributed by atoms with Crippen molar-refractivity contribution >= 4 is 11.5 Å². The third kappa shape index (κ3) is 2.92. The Morgan fingerprint density at radius 2 is 2.17 bits per heavy atom. The molecular formula is C23H21FN6.